The molecule has 3 aromatic rings. The van der Waals surface area contributed by atoms with Crippen molar-refractivity contribution in [2.45, 2.75) is 56.9 Å². The number of aromatic nitrogens is 4. The lowest BCUT2D eigenvalue weighted by molar-refractivity contribution is -0.136. The smallest absolute Gasteiger partial charge is 0.244 e. The minimum Gasteiger partial charge on any atom is -0.439 e. The molecule has 216 valence electrons. The number of fused-ring (bicyclic) bond motifs is 1. The number of ether oxygens (including phenoxy) is 2. The average Bonchev–Trinajstić information content (AvgIpc) is 3.40. The lowest BCUT2D eigenvalue weighted by Gasteiger charge is -2.35. The normalized spacial score (nSPS) is 19.9. The number of amides is 1. The molecule has 3 heterocycles. The van der Waals surface area contributed by atoms with Crippen LogP contribution in [-0.4, -0.2) is 87.5 Å². The zero-order chi connectivity index (χ0) is 28.7. The predicted octanol–water partition coefficient (Wildman–Crippen LogP) is 2.31. The lowest BCUT2D eigenvalue weighted by Crippen LogP contribution is -2.47. The second-order valence-electron chi connectivity index (χ2n) is 9.99. The van der Waals surface area contributed by atoms with Crippen LogP contribution in [0.25, 0.3) is 0 Å². The van der Waals surface area contributed by atoms with Gasteiger partial charge in [0, 0.05) is 45.1 Å². The van der Waals surface area contributed by atoms with Gasteiger partial charge in [-0.1, -0.05) is 30.3 Å². The minimum atomic E-state index is -3.91. The molecule has 2 aromatic heterocycles. The van der Waals surface area contributed by atoms with Crippen molar-refractivity contribution < 1.29 is 27.8 Å². The van der Waals surface area contributed by atoms with Crippen molar-refractivity contribution in [3.05, 3.63) is 60.6 Å². The van der Waals surface area contributed by atoms with Crippen LogP contribution in [-0.2, 0) is 32.7 Å². The molecule has 3 atom stereocenters. The average molecular weight is 573 g/mol. The van der Waals surface area contributed by atoms with Crippen molar-refractivity contribution >= 4 is 15.9 Å². The zero-order valence-electron chi connectivity index (χ0n) is 23.0. The van der Waals surface area contributed by atoms with Crippen molar-refractivity contribution in [3.63, 3.8) is 0 Å². The Morgan fingerprint density at radius 3 is 2.67 bits per heavy atom. The van der Waals surface area contributed by atoms with E-state index in [9.17, 15) is 18.3 Å². The Labute approximate surface area is 234 Å². The molecule has 1 aliphatic heterocycles. The van der Waals surface area contributed by atoms with E-state index in [-0.39, 0.29) is 48.4 Å². The summed E-state index contributed by atoms with van der Waals surface area (Å²) in [6.45, 7) is 4.55. The largest absolute Gasteiger partial charge is 0.439 e. The fraction of sp³-hybridized carbons (Fsp3) is 0.481. The van der Waals surface area contributed by atoms with Crippen LogP contribution in [0.4, 0.5) is 0 Å². The second-order valence-corrected chi connectivity index (χ2v) is 12.0. The third-order valence-corrected chi connectivity index (χ3v) is 8.77. The number of rotatable bonds is 8. The number of carbonyl (C=O) groups excluding carboxylic acids is 1. The standard InChI is InChI=1S/C27H36N6O6S/c1-20-16-32(21(2)18-34)27(35)10-7-13-33-22(14-29-30-33)19-38-25(20)17-31(3)40(36,37)24-11-12-26(28-15-24)39-23-8-5-4-6-9-23/h4-6,8-9,11-12,14-15,20-21,25,34H,7,10,13,16-19H2,1-3H3/t20-,21+,25+/m1/s1. The van der Waals surface area contributed by atoms with Crippen LogP contribution in [0, 0.1) is 5.92 Å². The van der Waals surface area contributed by atoms with Crippen LogP contribution in [0.15, 0.2) is 59.8 Å². The van der Waals surface area contributed by atoms with Crippen LogP contribution in [0.3, 0.4) is 0 Å². The number of pyridine rings is 1. The van der Waals surface area contributed by atoms with Gasteiger partial charge in [-0.2, -0.15) is 4.31 Å². The Morgan fingerprint density at radius 2 is 1.98 bits per heavy atom. The topological polar surface area (TPSA) is 140 Å². The molecule has 0 fully saturated rings. The van der Waals surface area contributed by atoms with Gasteiger partial charge in [0.1, 0.15) is 10.6 Å². The minimum absolute atomic E-state index is 0.0178. The van der Waals surface area contributed by atoms with Gasteiger partial charge in [-0.3, -0.25) is 4.79 Å². The molecule has 0 radical (unpaired) electrons. The first-order valence-electron chi connectivity index (χ1n) is 13.2. The number of aryl methyl sites for hydroxylation is 1. The van der Waals surface area contributed by atoms with Crippen molar-refractivity contribution in [3.8, 4) is 11.6 Å². The Bertz CT molecular complexity index is 1350. The first kappa shape index (κ1) is 29.6. The first-order valence-corrected chi connectivity index (χ1v) is 14.7. The number of benzene rings is 1. The van der Waals surface area contributed by atoms with E-state index in [1.54, 1.807) is 34.8 Å². The number of carbonyl (C=O) groups is 1. The summed E-state index contributed by atoms with van der Waals surface area (Å²) in [7, 11) is -2.42. The van der Waals surface area contributed by atoms with Gasteiger partial charge < -0.3 is 19.5 Å². The summed E-state index contributed by atoms with van der Waals surface area (Å²) >= 11 is 0. The third-order valence-electron chi connectivity index (χ3n) is 6.96. The molecule has 1 N–H and O–H groups in total. The van der Waals surface area contributed by atoms with Gasteiger partial charge in [-0.15, -0.1) is 5.10 Å². The van der Waals surface area contributed by atoms with E-state index in [4.69, 9.17) is 9.47 Å². The summed E-state index contributed by atoms with van der Waals surface area (Å²) in [5.41, 5.74) is 0.745. The molecule has 1 aromatic carbocycles. The summed E-state index contributed by atoms with van der Waals surface area (Å²) in [5, 5.41) is 17.8. The van der Waals surface area contributed by atoms with Crippen molar-refractivity contribution in [2.24, 2.45) is 5.92 Å². The van der Waals surface area contributed by atoms with Crippen LogP contribution >= 0.6 is 0 Å². The molecule has 0 spiro atoms. The molecule has 0 unspecified atom stereocenters. The van der Waals surface area contributed by atoms with E-state index in [0.29, 0.717) is 31.7 Å². The summed E-state index contributed by atoms with van der Waals surface area (Å²) in [6.07, 6.45) is 3.18. The quantitative estimate of drug-likeness (QED) is 0.431. The maximum Gasteiger partial charge on any atom is 0.244 e. The Hall–Kier alpha value is -3.39. The van der Waals surface area contributed by atoms with E-state index in [1.807, 2.05) is 25.1 Å². The van der Waals surface area contributed by atoms with E-state index >= 15 is 0 Å². The number of likely N-dealkylation sites (N-methyl/N-ethyl adjacent to an activating group) is 1. The number of para-hydroxylation sites is 1. The Morgan fingerprint density at radius 1 is 1.20 bits per heavy atom. The highest BCUT2D eigenvalue weighted by atomic mass is 32.2. The fourth-order valence-electron chi connectivity index (χ4n) is 4.47. The number of aliphatic hydroxyl groups excluding tert-OH is 1. The monoisotopic (exact) mass is 572 g/mol. The maximum atomic E-state index is 13.5. The van der Waals surface area contributed by atoms with Crippen molar-refractivity contribution in [2.75, 3.05) is 26.7 Å². The summed E-state index contributed by atoms with van der Waals surface area (Å²) in [5.74, 6) is 0.534. The highest BCUT2D eigenvalue weighted by Crippen LogP contribution is 2.23. The number of aliphatic hydroxyl groups is 1. The van der Waals surface area contributed by atoms with Crippen molar-refractivity contribution in [1.29, 1.82) is 0 Å². The molecular formula is C27H36N6O6S. The van der Waals surface area contributed by atoms with Gasteiger partial charge in [0.15, 0.2) is 0 Å². The maximum absolute atomic E-state index is 13.5. The predicted molar refractivity (Wildman–Crippen MR) is 146 cm³/mol. The van der Waals surface area contributed by atoms with E-state index in [0.717, 1.165) is 5.69 Å². The molecular weight excluding hydrogens is 536 g/mol. The van der Waals surface area contributed by atoms with Crippen LogP contribution in [0.2, 0.25) is 0 Å². The summed E-state index contributed by atoms with van der Waals surface area (Å²) < 4.78 is 41.8. The van der Waals surface area contributed by atoms with Gasteiger partial charge in [-0.25, -0.2) is 18.1 Å². The summed E-state index contributed by atoms with van der Waals surface area (Å²) in [4.78, 5) is 18.9. The Kier molecular flexibility index (Phi) is 9.85. The third kappa shape index (κ3) is 7.22. The van der Waals surface area contributed by atoms with Crippen LogP contribution in [0.1, 0.15) is 32.4 Å². The number of nitrogens with zero attached hydrogens (tertiary/aromatic N) is 6. The highest BCUT2D eigenvalue weighted by Gasteiger charge is 2.31. The molecule has 1 aliphatic rings. The molecule has 13 heteroatoms. The Balaban J connectivity index is 1.52. The van der Waals surface area contributed by atoms with Crippen LogP contribution < -0.4 is 4.74 Å². The molecule has 4 rings (SSSR count). The SMILES string of the molecule is C[C@@H]1CN([C@@H](C)CO)C(=O)CCCn2nncc2CO[C@H]1CN(C)S(=O)(=O)c1ccc(Oc2ccccc2)nc1. The van der Waals surface area contributed by atoms with Crippen LogP contribution in [0.5, 0.6) is 11.6 Å². The van der Waals surface area contributed by atoms with Gasteiger partial charge in [-0.05, 0) is 31.5 Å². The van der Waals surface area contributed by atoms with E-state index < -0.39 is 16.1 Å². The number of hydrogen-bond acceptors (Lipinski definition) is 9. The first-order chi connectivity index (χ1) is 19.2. The molecule has 1 amide bonds. The van der Waals surface area contributed by atoms with E-state index in [2.05, 4.69) is 15.3 Å². The zero-order valence-corrected chi connectivity index (χ0v) is 23.8. The second kappa shape index (κ2) is 13.3. The molecule has 0 bridgehead atoms. The number of sulfonamides is 1. The molecule has 40 heavy (non-hydrogen) atoms. The molecule has 0 aliphatic carbocycles. The van der Waals surface area contributed by atoms with Gasteiger partial charge in [0.25, 0.3) is 0 Å². The molecule has 0 saturated heterocycles. The molecule has 0 saturated carbocycles. The lowest BCUT2D eigenvalue weighted by atomic mass is 10.0. The number of hydrogen-bond donors (Lipinski definition) is 1. The van der Waals surface area contributed by atoms with E-state index in [1.165, 1.54) is 29.7 Å². The van der Waals surface area contributed by atoms with Gasteiger partial charge >= 0.3 is 0 Å². The van der Waals surface area contributed by atoms with Crippen molar-refractivity contribution in [1.82, 2.24) is 29.2 Å². The summed E-state index contributed by atoms with van der Waals surface area (Å²) in [6, 6.07) is 11.7. The molecule has 12 nitrogen and oxygen atoms in total. The fourth-order valence-corrected chi connectivity index (χ4v) is 5.60. The highest BCUT2D eigenvalue weighted by molar-refractivity contribution is 7.89. The van der Waals surface area contributed by atoms with Gasteiger partial charge in [0.2, 0.25) is 21.8 Å². The van der Waals surface area contributed by atoms with Gasteiger partial charge in [0.05, 0.1) is 43.4 Å².